The van der Waals surface area contributed by atoms with Crippen molar-refractivity contribution in [1.29, 1.82) is 0 Å². The lowest BCUT2D eigenvalue weighted by molar-refractivity contribution is -0.133. The number of primary amides is 1. The molecule has 0 aliphatic heterocycles. The summed E-state index contributed by atoms with van der Waals surface area (Å²) in [6, 6.07) is 22.5. The van der Waals surface area contributed by atoms with E-state index in [1.165, 1.54) is 0 Å². The first-order chi connectivity index (χ1) is 14.4. The molecule has 1 unspecified atom stereocenters. The highest BCUT2D eigenvalue weighted by Crippen LogP contribution is 2.34. The lowest BCUT2D eigenvalue weighted by atomic mass is 9.83. The molecule has 0 aliphatic rings. The highest BCUT2D eigenvalue weighted by Gasteiger charge is 2.38. The number of fused-ring (bicyclic) bond motifs is 1. The number of aliphatic hydroxyl groups is 1. The summed E-state index contributed by atoms with van der Waals surface area (Å²) < 4.78 is 0. The predicted octanol–water partition coefficient (Wildman–Crippen LogP) is 3.69. The second-order valence-electron chi connectivity index (χ2n) is 7.53. The van der Waals surface area contributed by atoms with Gasteiger partial charge in [0, 0.05) is 37.6 Å². The van der Waals surface area contributed by atoms with Gasteiger partial charge in [0.1, 0.15) is 0 Å². The van der Waals surface area contributed by atoms with Crippen LogP contribution in [0.25, 0.3) is 21.9 Å². The van der Waals surface area contributed by atoms with E-state index in [1.54, 1.807) is 30.6 Å². The third-order valence-corrected chi connectivity index (χ3v) is 5.41. The molecule has 3 aromatic carbocycles. The normalized spacial score (nSPS) is 13.0. The van der Waals surface area contributed by atoms with Gasteiger partial charge in [0.2, 0.25) is 0 Å². The van der Waals surface area contributed by atoms with Crippen molar-refractivity contribution in [2.24, 2.45) is 5.73 Å². The van der Waals surface area contributed by atoms with Crippen LogP contribution in [0.2, 0.25) is 0 Å². The standard InChI is InChI=1S/C25H23N3O2/c1-28(2)23-10-7-17(8-11-23)18-4-3-5-21(14-18)25(30,24(26)29)22-9-6-20-16-27-13-12-19(20)15-22/h3-16,30H,1-2H3,(H2,26,29). The third kappa shape index (κ3) is 3.40. The lowest BCUT2D eigenvalue weighted by Crippen LogP contribution is -2.42. The van der Waals surface area contributed by atoms with Gasteiger partial charge in [-0.1, -0.05) is 42.5 Å². The molecule has 30 heavy (non-hydrogen) atoms. The van der Waals surface area contributed by atoms with Crippen LogP contribution in [-0.4, -0.2) is 30.1 Å². The summed E-state index contributed by atoms with van der Waals surface area (Å²) in [7, 11) is 3.98. The van der Waals surface area contributed by atoms with E-state index in [2.05, 4.69) is 4.98 Å². The van der Waals surface area contributed by atoms with Gasteiger partial charge in [0.15, 0.2) is 5.60 Å². The minimum Gasteiger partial charge on any atom is -0.378 e. The molecule has 4 rings (SSSR count). The van der Waals surface area contributed by atoms with Gasteiger partial charge in [-0.15, -0.1) is 0 Å². The van der Waals surface area contributed by atoms with Gasteiger partial charge < -0.3 is 15.7 Å². The number of hydrogen-bond donors (Lipinski definition) is 2. The maximum atomic E-state index is 12.5. The molecular weight excluding hydrogens is 374 g/mol. The average molecular weight is 397 g/mol. The zero-order chi connectivity index (χ0) is 21.3. The number of aromatic nitrogens is 1. The molecule has 0 fully saturated rings. The van der Waals surface area contributed by atoms with Gasteiger partial charge in [0.25, 0.3) is 5.91 Å². The van der Waals surface area contributed by atoms with Crippen LogP contribution >= 0.6 is 0 Å². The Morgan fingerprint density at radius 2 is 1.63 bits per heavy atom. The van der Waals surface area contributed by atoms with Crippen LogP contribution in [0, 0.1) is 0 Å². The summed E-state index contributed by atoms with van der Waals surface area (Å²) in [6.07, 6.45) is 3.41. The Morgan fingerprint density at radius 1 is 0.900 bits per heavy atom. The number of hydrogen-bond acceptors (Lipinski definition) is 4. The fourth-order valence-electron chi connectivity index (χ4n) is 3.64. The highest BCUT2D eigenvalue weighted by atomic mass is 16.3. The van der Waals surface area contributed by atoms with Gasteiger partial charge in [-0.05, 0) is 58.0 Å². The van der Waals surface area contributed by atoms with Crippen molar-refractivity contribution in [2.45, 2.75) is 5.60 Å². The van der Waals surface area contributed by atoms with Crippen LogP contribution in [0.4, 0.5) is 5.69 Å². The number of rotatable bonds is 5. The molecule has 1 atom stereocenters. The summed E-state index contributed by atoms with van der Waals surface area (Å²) in [4.78, 5) is 18.6. The molecule has 0 radical (unpaired) electrons. The number of carbonyl (C=O) groups excluding carboxylic acids is 1. The number of amides is 1. The Balaban J connectivity index is 1.81. The summed E-state index contributed by atoms with van der Waals surface area (Å²) in [5, 5.41) is 13.3. The van der Waals surface area contributed by atoms with Crippen molar-refractivity contribution in [3.8, 4) is 11.1 Å². The molecule has 5 heteroatoms. The quantitative estimate of drug-likeness (QED) is 0.538. The Morgan fingerprint density at radius 3 is 2.33 bits per heavy atom. The van der Waals surface area contributed by atoms with E-state index in [4.69, 9.17) is 5.73 Å². The summed E-state index contributed by atoms with van der Waals surface area (Å²) in [5.74, 6) is -0.823. The minimum absolute atomic E-state index is 0.425. The summed E-state index contributed by atoms with van der Waals surface area (Å²) >= 11 is 0. The highest BCUT2D eigenvalue weighted by molar-refractivity contribution is 5.91. The van der Waals surface area contributed by atoms with E-state index in [1.807, 2.05) is 73.6 Å². The Hall–Kier alpha value is -3.70. The third-order valence-electron chi connectivity index (χ3n) is 5.41. The number of pyridine rings is 1. The Kier molecular flexibility index (Phi) is 4.98. The minimum atomic E-state index is -1.95. The van der Waals surface area contributed by atoms with Crippen molar-refractivity contribution in [3.63, 3.8) is 0 Å². The molecule has 5 nitrogen and oxygen atoms in total. The molecule has 1 amide bonds. The molecule has 0 spiro atoms. The number of anilines is 1. The van der Waals surface area contributed by atoms with E-state index >= 15 is 0 Å². The summed E-state index contributed by atoms with van der Waals surface area (Å²) in [5.41, 5.74) is 7.59. The number of benzene rings is 3. The Labute approximate surface area is 175 Å². The van der Waals surface area contributed by atoms with Gasteiger partial charge in [-0.2, -0.15) is 0 Å². The van der Waals surface area contributed by atoms with Crippen LogP contribution in [0.15, 0.2) is 85.2 Å². The maximum absolute atomic E-state index is 12.5. The molecule has 1 heterocycles. The van der Waals surface area contributed by atoms with Crippen molar-refractivity contribution in [1.82, 2.24) is 4.98 Å². The maximum Gasteiger partial charge on any atom is 0.258 e. The first-order valence-corrected chi connectivity index (χ1v) is 9.64. The second kappa shape index (κ2) is 7.61. The van der Waals surface area contributed by atoms with E-state index in [-0.39, 0.29) is 0 Å². The fourth-order valence-corrected chi connectivity index (χ4v) is 3.64. The van der Waals surface area contributed by atoms with Gasteiger partial charge in [-0.25, -0.2) is 0 Å². The molecule has 1 aromatic heterocycles. The van der Waals surface area contributed by atoms with Crippen LogP contribution in [0.1, 0.15) is 11.1 Å². The van der Waals surface area contributed by atoms with Crippen molar-refractivity contribution in [2.75, 3.05) is 19.0 Å². The van der Waals surface area contributed by atoms with Crippen LogP contribution in [0.3, 0.4) is 0 Å². The second-order valence-corrected chi connectivity index (χ2v) is 7.53. The topological polar surface area (TPSA) is 79.5 Å². The lowest BCUT2D eigenvalue weighted by Gasteiger charge is -2.26. The molecule has 0 aliphatic carbocycles. The molecule has 150 valence electrons. The molecule has 0 bridgehead atoms. The van der Waals surface area contributed by atoms with E-state index in [0.29, 0.717) is 11.1 Å². The zero-order valence-corrected chi connectivity index (χ0v) is 16.9. The number of nitrogens with two attached hydrogens (primary N) is 1. The number of nitrogens with zero attached hydrogens (tertiary/aromatic N) is 2. The largest absolute Gasteiger partial charge is 0.378 e. The van der Waals surface area contributed by atoms with Gasteiger partial charge >= 0.3 is 0 Å². The molecule has 0 saturated heterocycles. The smallest absolute Gasteiger partial charge is 0.258 e. The SMILES string of the molecule is CN(C)c1ccc(-c2cccc(C(O)(C(N)=O)c3ccc4cnccc4c3)c2)cc1. The fraction of sp³-hybridized carbons (Fsp3) is 0.120. The van der Waals surface area contributed by atoms with E-state index in [0.717, 1.165) is 27.6 Å². The first-order valence-electron chi connectivity index (χ1n) is 9.64. The Bertz CT molecular complexity index is 1220. The molecular formula is C25H23N3O2. The van der Waals surface area contributed by atoms with Crippen LogP contribution in [-0.2, 0) is 10.4 Å². The van der Waals surface area contributed by atoms with E-state index < -0.39 is 11.5 Å². The molecule has 0 saturated carbocycles. The van der Waals surface area contributed by atoms with Crippen molar-refractivity contribution < 1.29 is 9.90 Å². The van der Waals surface area contributed by atoms with Gasteiger partial charge in [0.05, 0.1) is 0 Å². The predicted molar refractivity (Wildman–Crippen MR) is 120 cm³/mol. The zero-order valence-electron chi connectivity index (χ0n) is 16.9. The average Bonchev–Trinajstić information content (AvgIpc) is 2.78. The molecule has 4 aromatic rings. The monoisotopic (exact) mass is 397 g/mol. The van der Waals surface area contributed by atoms with Crippen molar-refractivity contribution >= 4 is 22.4 Å². The van der Waals surface area contributed by atoms with Crippen LogP contribution in [0.5, 0.6) is 0 Å². The molecule has 3 N–H and O–H groups in total. The van der Waals surface area contributed by atoms with Crippen LogP contribution < -0.4 is 10.6 Å². The summed E-state index contributed by atoms with van der Waals surface area (Å²) in [6.45, 7) is 0. The first kappa shape index (κ1) is 19.6. The van der Waals surface area contributed by atoms with Gasteiger partial charge in [-0.3, -0.25) is 9.78 Å². The number of carbonyl (C=O) groups is 1. The van der Waals surface area contributed by atoms with Crippen molar-refractivity contribution in [3.05, 3.63) is 96.3 Å². The van der Waals surface area contributed by atoms with E-state index in [9.17, 15) is 9.90 Å².